The normalized spacial score (nSPS) is 26.8. The molecule has 1 saturated heterocycles. The second-order valence-corrected chi connectivity index (χ2v) is 14.2. The van der Waals surface area contributed by atoms with E-state index in [4.69, 9.17) is 18.9 Å². The number of benzene rings is 1. The van der Waals surface area contributed by atoms with Crippen LogP contribution in [-0.2, 0) is 23.9 Å². The van der Waals surface area contributed by atoms with Crippen molar-refractivity contribution >= 4 is 40.6 Å². The number of carbonyl (C=O) groups is 4. The molecule has 0 bridgehead atoms. The minimum absolute atomic E-state index is 0.0544. The summed E-state index contributed by atoms with van der Waals surface area (Å²) < 4.78 is 23.0. The molecule has 11 heteroatoms. The van der Waals surface area contributed by atoms with Crippen LogP contribution < -0.4 is 14.8 Å². The number of methoxy groups -OCH3 is 1. The zero-order valence-electron chi connectivity index (χ0n) is 29.3. The molecule has 2 aliphatic heterocycles. The number of nitrogens with zero attached hydrogens (tertiary/aromatic N) is 2. The Bertz CT molecular complexity index is 1610. The molecular weight excluding hydrogens is 626 g/mol. The number of aromatic nitrogens is 1. The molecule has 1 aromatic carbocycles. The first-order valence-electron chi connectivity index (χ1n) is 17.3. The molecule has 5 atom stereocenters. The van der Waals surface area contributed by atoms with Crippen LogP contribution in [0.15, 0.2) is 43.1 Å². The minimum Gasteiger partial charge on any atom is -0.496 e. The minimum atomic E-state index is -0.955. The smallest absolute Gasteiger partial charge is 0.408 e. The lowest BCUT2D eigenvalue weighted by molar-refractivity contribution is -0.152. The Morgan fingerprint density at radius 2 is 1.98 bits per heavy atom. The molecule has 1 aliphatic carbocycles. The predicted molar refractivity (Wildman–Crippen MR) is 185 cm³/mol. The summed E-state index contributed by atoms with van der Waals surface area (Å²) in [5, 5.41) is 4.37. The Morgan fingerprint density at radius 1 is 1.18 bits per heavy atom. The lowest BCUT2D eigenvalue weighted by Gasteiger charge is -2.30. The van der Waals surface area contributed by atoms with Crippen LogP contribution in [0.1, 0.15) is 84.6 Å². The van der Waals surface area contributed by atoms with Crippen molar-refractivity contribution in [3.63, 3.8) is 0 Å². The van der Waals surface area contributed by atoms with E-state index < -0.39 is 35.3 Å². The highest BCUT2D eigenvalue weighted by Gasteiger charge is 2.61. The molecule has 1 aromatic heterocycles. The third-order valence-electron chi connectivity index (χ3n) is 9.52. The highest BCUT2D eigenvalue weighted by molar-refractivity contribution is 5.96. The van der Waals surface area contributed by atoms with Crippen LogP contribution in [0.2, 0.25) is 0 Å². The van der Waals surface area contributed by atoms with E-state index in [-0.39, 0.29) is 49.6 Å². The van der Waals surface area contributed by atoms with Gasteiger partial charge >= 0.3 is 12.1 Å². The summed E-state index contributed by atoms with van der Waals surface area (Å²) in [6.45, 7) is 11.2. The third-order valence-corrected chi connectivity index (χ3v) is 9.52. The van der Waals surface area contributed by atoms with Gasteiger partial charge in [-0.2, -0.15) is 0 Å². The highest BCUT2D eigenvalue weighted by Crippen LogP contribution is 2.57. The number of hydrogen-bond donors (Lipinski definition) is 1. The molecule has 49 heavy (non-hydrogen) atoms. The van der Waals surface area contributed by atoms with Crippen LogP contribution in [0, 0.1) is 11.3 Å². The second kappa shape index (κ2) is 15.0. The van der Waals surface area contributed by atoms with Gasteiger partial charge in [0.05, 0.1) is 31.7 Å². The number of carbonyl (C=O) groups excluding carboxylic acids is 4. The van der Waals surface area contributed by atoms with Gasteiger partial charge < -0.3 is 29.2 Å². The van der Waals surface area contributed by atoms with E-state index in [0.717, 1.165) is 35.6 Å². The molecule has 2 aromatic rings. The van der Waals surface area contributed by atoms with Crippen molar-refractivity contribution < 1.29 is 38.1 Å². The van der Waals surface area contributed by atoms with Gasteiger partial charge in [-0.05, 0) is 82.9 Å². The van der Waals surface area contributed by atoms with Crippen molar-refractivity contribution in [3.8, 4) is 11.6 Å². The van der Waals surface area contributed by atoms with E-state index in [1.165, 1.54) is 4.90 Å². The van der Waals surface area contributed by atoms with Gasteiger partial charge in [-0.15, -0.1) is 0 Å². The molecule has 3 heterocycles. The van der Waals surface area contributed by atoms with E-state index in [2.05, 4.69) is 23.0 Å². The van der Waals surface area contributed by atoms with E-state index in [9.17, 15) is 19.2 Å². The van der Waals surface area contributed by atoms with Crippen molar-refractivity contribution in [2.75, 3.05) is 20.3 Å². The maximum atomic E-state index is 14.4. The van der Waals surface area contributed by atoms with Gasteiger partial charge in [0.1, 0.15) is 23.5 Å². The molecular formula is C38H49N3O8. The summed E-state index contributed by atoms with van der Waals surface area (Å²) in [4.78, 5) is 60.9. The van der Waals surface area contributed by atoms with Crippen LogP contribution in [0.3, 0.4) is 0 Å². The standard InChI is InChI=1S/C38H49N3O8/c1-7-24-18-28-25(19-32(24)46-6)16-17-39-33(28)48-27-20-30-31(42)22-38(35(44)47-8-2)21-26(38)14-12-10-9-11-13-15-29(34(43)41(30)23-27)40-36(45)49-37(3,4)5/h7,12,14,16-19,26-27,29-30H,1,8-11,13,15,20-23H2,2-6H3,(H,40,45)/b14-12-/t26-,27-,29+,30+,38-/m1/s1. The fourth-order valence-corrected chi connectivity index (χ4v) is 6.96. The number of allylic oxidation sites excluding steroid dienone is 2. The van der Waals surface area contributed by atoms with Crippen molar-refractivity contribution in [1.29, 1.82) is 0 Å². The quantitative estimate of drug-likeness (QED) is 0.270. The number of ketones is 1. The molecule has 0 radical (unpaired) electrons. The Balaban J connectivity index is 1.48. The van der Waals surface area contributed by atoms with Gasteiger partial charge in [-0.1, -0.05) is 37.6 Å². The number of rotatable bonds is 7. The molecule has 1 N–H and O–H groups in total. The van der Waals surface area contributed by atoms with Gasteiger partial charge in [0.15, 0.2) is 5.78 Å². The number of hydrogen-bond acceptors (Lipinski definition) is 9. The lowest BCUT2D eigenvalue weighted by atomic mass is 9.91. The van der Waals surface area contributed by atoms with Crippen molar-refractivity contribution in [3.05, 3.63) is 48.7 Å². The maximum absolute atomic E-state index is 14.4. The van der Waals surface area contributed by atoms with Crippen LogP contribution in [0.5, 0.6) is 11.6 Å². The van der Waals surface area contributed by atoms with Crippen molar-refractivity contribution in [2.24, 2.45) is 11.3 Å². The number of fused-ring (bicyclic) bond motifs is 3. The molecule has 2 fully saturated rings. The molecule has 0 unspecified atom stereocenters. The maximum Gasteiger partial charge on any atom is 0.408 e. The Hall–Kier alpha value is -4.41. The average Bonchev–Trinajstić information content (AvgIpc) is 3.58. The Morgan fingerprint density at radius 3 is 2.69 bits per heavy atom. The van der Waals surface area contributed by atoms with Gasteiger partial charge in [0.25, 0.3) is 0 Å². The number of esters is 1. The highest BCUT2D eigenvalue weighted by atomic mass is 16.6. The Labute approximate surface area is 288 Å². The largest absolute Gasteiger partial charge is 0.496 e. The van der Waals surface area contributed by atoms with Gasteiger partial charge in [0.2, 0.25) is 11.8 Å². The summed E-state index contributed by atoms with van der Waals surface area (Å²) >= 11 is 0. The molecule has 1 saturated carbocycles. The number of nitrogens with one attached hydrogen (secondary N) is 1. The van der Waals surface area contributed by atoms with E-state index in [1.54, 1.807) is 47.1 Å². The summed E-state index contributed by atoms with van der Waals surface area (Å²) in [7, 11) is 1.59. The van der Waals surface area contributed by atoms with Gasteiger partial charge in [-0.25, -0.2) is 9.78 Å². The summed E-state index contributed by atoms with van der Waals surface area (Å²) in [5.74, 6) is -0.0894. The number of ether oxygens (including phenoxy) is 4. The van der Waals surface area contributed by atoms with Crippen LogP contribution in [0.25, 0.3) is 16.8 Å². The number of Topliss-reactive ketones (excluding diaryl/α,β-unsaturated/α-hetero) is 1. The van der Waals surface area contributed by atoms with Crippen molar-refractivity contribution in [1.82, 2.24) is 15.2 Å². The first-order chi connectivity index (χ1) is 23.4. The molecule has 2 amide bonds. The monoisotopic (exact) mass is 675 g/mol. The molecule has 3 aliphatic rings. The summed E-state index contributed by atoms with van der Waals surface area (Å²) in [6, 6.07) is 3.84. The molecule has 0 spiro atoms. The zero-order chi connectivity index (χ0) is 35.3. The van der Waals surface area contributed by atoms with E-state index in [0.29, 0.717) is 30.9 Å². The van der Waals surface area contributed by atoms with E-state index in [1.807, 2.05) is 24.3 Å². The second-order valence-electron chi connectivity index (χ2n) is 14.2. The fourth-order valence-electron chi connectivity index (χ4n) is 6.96. The van der Waals surface area contributed by atoms with Crippen LogP contribution in [0.4, 0.5) is 4.79 Å². The fraction of sp³-hybridized carbons (Fsp3) is 0.553. The number of alkyl carbamates (subject to hydrolysis) is 1. The zero-order valence-corrected chi connectivity index (χ0v) is 29.3. The first-order valence-corrected chi connectivity index (χ1v) is 17.3. The summed E-state index contributed by atoms with van der Waals surface area (Å²) in [5.41, 5.74) is -0.943. The number of amides is 2. The van der Waals surface area contributed by atoms with Gasteiger partial charge in [-0.3, -0.25) is 14.4 Å². The molecule has 264 valence electrons. The van der Waals surface area contributed by atoms with Crippen molar-refractivity contribution in [2.45, 2.75) is 103 Å². The van der Waals surface area contributed by atoms with Crippen LogP contribution >= 0.6 is 0 Å². The topological polar surface area (TPSA) is 133 Å². The predicted octanol–water partition coefficient (Wildman–Crippen LogP) is 6.18. The van der Waals surface area contributed by atoms with Gasteiger partial charge in [0, 0.05) is 30.0 Å². The van der Waals surface area contributed by atoms with E-state index >= 15 is 0 Å². The third kappa shape index (κ3) is 8.25. The summed E-state index contributed by atoms with van der Waals surface area (Å²) in [6.07, 6.45) is 10.5. The lowest BCUT2D eigenvalue weighted by Crippen LogP contribution is -2.52. The molecule has 11 nitrogen and oxygen atoms in total. The molecule has 5 rings (SSSR count). The first kappa shape index (κ1) is 35.9. The number of pyridine rings is 1. The SMILES string of the molecule is C=Cc1cc2c(O[C@@H]3C[C@H]4C(=O)C[C@]5(C(=O)OCC)C[C@H]5/C=C\CCCCC[C@H](NC(=O)OC(C)(C)C)C(=O)N4C3)nccc2cc1OC. The Kier molecular flexibility index (Phi) is 11.0. The van der Waals surface area contributed by atoms with Crippen LogP contribution in [-0.4, -0.2) is 77.7 Å². The average molecular weight is 676 g/mol.